The van der Waals surface area contributed by atoms with E-state index in [1.165, 1.54) is 19.3 Å². The van der Waals surface area contributed by atoms with Gasteiger partial charge in [-0.3, -0.25) is 0 Å². The number of hydrogen-bond donors (Lipinski definition) is 0. The Morgan fingerprint density at radius 3 is 2.30 bits per heavy atom. The predicted molar refractivity (Wildman–Crippen MR) is 85.6 cm³/mol. The van der Waals surface area contributed by atoms with Crippen molar-refractivity contribution in [3.05, 3.63) is 11.9 Å². The van der Waals surface area contributed by atoms with Crippen LogP contribution in [0.4, 0.5) is 11.6 Å². The Labute approximate surface area is 123 Å². The summed E-state index contributed by atoms with van der Waals surface area (Å²) in [6, 6.07) is 2.18. The smallest absolute Gasteiger partial charge is 0.134 e. The maximum atomic E-state index is 4.65. The number of rotatable bonds is 6. The molecule has 2 heterocycles. The van der Waals surface area contributed by atoms with E-state index in [1.807, 2.05) is 6.92 Å². The maximum Gasteiger partial charge on any atom is 0.134 e. The summed E-state index contributed by atoms with van der Waals surface area (Å²) in [4.78, 5) is 14.1. The van der Waals surface area contributed by atoms with E-state index in [2.05, 4.69) is 39.7 Å². The molecular formula is C16H28N4. The molecule has 0 unspecified atom stereocenters. The zero-order valence-electron chi connectivity index (χ0n) is 13.2. The Balaban J connectivity index is 2.21. The van der Waals surface area contributed by atoms with Gasteiger partial charge in [0, 0.05) is 32.2 Å². The van der Waals surface area contributed by atoms with Gasteiger partial charge in [-0.1, -0.05) is 13.8 Å². The molecule has 0 atom stereocenters. The zero-order valence-corrected chi connectivity index (χ0v) is 13.2. The molecule has 4 nitrogen and oxygen atoms in total. The van der Waals surface area contributed by atoms with E-state index >= 15 is 0 Å². The van der Waals surface area contributed by atoms with Crippen molar-refractivity contribution in [2.24, 2.45) is 0 Å². The van der Waals surface area contributed by atoms with Gasteiger partial charge in [-0.15, -0.1) is 0 Å². The molecule has 1 fully saturated rings. The van der Waals surface area contributed by atoms with Crippen LogP contribution in [-0.4, -0.2) is 36.1 Å². The van der Waals surface area contributed by atoms with Gasteiger partial charge in [0.1, 0.15) is 17.5 Å². The van der Waals surface area contributed by atoms with Crippen molar-refractivity contribution in [3.63, 3.8) is 0 Å². The first-order chi connectivity index (χ1) is 9.74. The Kier molecular flexibility index (Phi) is 5.62. The van der Waals surface area contributed by atoms with Gasteiger partial charge in [-0.05, 0) is 39.0 Å². The molecule has 0 amide bonds. The van der Waals surface area contributed by atoms with Crippen LogP contribution in [0.3, 0.4) is 0 Å². The Morgan fingerprint density at radius 2 is 1.70 bits per heavy atom. The first kappa shape index (κ1) is 15.1. The highest BCUT2D eigenvalue weighted by atomic mass is 15.2. The monoisotopic (exact) mass is 276 g/mol. The van der Waals surface area contributed by atoms with Gasteiger partial charge in [-0.2, -0.15) is 0 Å². The summed E-state index contributed by atoms with van der Waals surface area (Å²) < 4.78 is 0. The summed E-state index contributed by atoms with van der Waals surface area (Å²) >= 11 is 0. The maximum absolute atomic E-state index is 4.65. The average molecular weight is 276 g/mol. The fourth-order valence-corrected chi connectivity index (χ4v) is 2.86. The molecule has 1 saturated heterocycles. The molecule has 112 valence electrons. The lowest BCUT2D eigenvalue weighted by molar-refractivity contribution is 0.572. The molecule has 1 aliphatic rings. The number of nitrogens with zero attached hydrogens (tertiary/aromatic N) is 4. The summed E-state index contributed by atoms with van der Waals surface area (Å²) in [5.74, 6) is 3.10. The van der Waals surface area contributed by atoms with Crippen molar-refractivity contribution in [1.82, 2.24) is 9.97 Å². The highest BCUT2D eigenvalue weighted by Gasteiger charge is 2.15. The van der Waals surface area contributed by atoms with Crippen LogP contribution in [0.5, 0.6) is 0 Å². The topological polar surface area (TPSA) is 32.3 Å². The standard InChI is InChI=1S/C16H28N4/c1-4-9-19(10-5-2)15-13-16(18-14(3)17-15)20-11-7-6-8-12-20/h13H,4-12H2,1-3H3. The molecule has 0 aliphatic carbocycles. The number of piperidine rings is 1. The van der Waals surface area contributed by atoms with Crippen LogP contribution in [0.15, 0.2) is 6.07 Å². The van der Waals surface area contributed by atoms with Crippen LogP contribution in [0.25, 0.3) is 0 Å². The second-order valence-electron chi connectivity index (χ2n) is 5.67. The minimum absolute atomic E-state index is 0.889. The highest BCUT2D eigenvalue weighted by Crippen LogP contribution is 2.22. The van der Waals surface area contributed by atoms with Crippen LogP contribution in [0, 0.1) is 6.92 Å². The highest BCUT2D eigenvalue weighted by molar-refractivity contribution is 5.51. The molecule has 1 aliphatic heterocycles. The third-order valence-corrected chi connectivity index (χ3v) is 3.80. The minimum atomic E-state index is 0.889. The molecule has 1 aromatic rings. The lowest BCUT2D eigenvalue weighted by Gasteiger charge is -2.29. The molecule has 0 spiro atoms. The van der Waals surface area contributed by atoms with Gasteiger partial charge in [0.15, 0.2) is 0 Å². The molecule has 0 N–H and O–H groups in total. The lowest BCUT2D eigenvalue weighted by Crippen LogP contribution is -2.31. The van der Waals surface area contributed by atoms with Crippen molar-refractivity contribution in [2.75, 3.05) is 36.0 Å². The Hall–Kier alpha value is -1.32. The number of hydrogen-bond acceptors (Lipinski definition) is 4. The Morgan fingerprint density at radius 1 is 1.05 bits per heavy atom. The first-order valence-corrected chi connectivity index (χ1v) is 8.10. The minimum Gasteiger partial charge on any atom is -0.356 e. The normalized spacial score (nSPS) is 15.4. The molecular weight excluding hydrogens is 248 g/mol. The van der Waals surface area contributed by atoms with Gasteiger partial charge >= 0.3 is 0 Å². The van der Waals surface area contributed by atoms with E-state index in [0.717, 1.165) is 56.5 Å². The van der Waals surface area contributed by atoms with Crippen molar-refractivity contribution in [3.8, 4) is 0 Å². The van der Waals surface area contributed by atoms with Crippen LogP contribution < -0.4 is 9.80 Å². The van der Waals surface area contributed by atoms with Gasteiger partial charge < -0.3 is 9.80 Å². The first-order valence-electron chi connectivity index (χ1n) is 8.10. The summed E-state index contributed by atoms with van der Waals surface area (Å²) in [7, 11) is 0. The second-order valence-corrected chi connectivity index (χ2v) is 5.67. The fourth-order valence-electron chi connectivity index (χ4n) is 2.86. The zero-order chi connectivity index (χ0) is 14.4. The second kappa shape index (κ2) is 7.46. The summed E-state index contributed by atoms with van der Waals surface area (Å²) in [5, 5.41) is 0. The van der Waals surface area contributed by atoms with E-state index < -0.39 is 0 Å². The lowest BCUT2D eigenvalue weighted by atomic mass is 10.1. The molecule has 2 rings (SSSR count). The third kappa shape index (κ3) is 3.84. The predicted octanol–water partition coefficient (Wildman–Crippen LogP) is 3.40. The fraction of sp³-hybridized carbons (Fsp3) is 0.750. The van der Waals surface area contributed by atoms with Gasteiger partial charge in [0.05, 0.1) is 0 Å². The van der Waals surface area contributed by atoms with Crippen molar-refractivity contribution in [2.45, 2.75) is 52.9 Å². The van der Waals surface area contributed by atoms with E-state index in [0.29, 0.717) is 0 Å². The average Bonchev–Trinajstić information content (AvgIpc) is 2.47. The van der Waals surface area contributed by atoms with Crippen molar-refractivity contribution in [1.29, 1.82) is 0 Å². The Bertz CT molecular complexity index is 407. The van der Waals surface area contributed by atoms with Crippen LogP contribution in [0.2, 0.25) is 0 Å². The number of aromatic nitrogens is 2. The summed E-state index contributed by atoms with van der Waals surface area (Å²) in [6.07, 6.45) is 6.23. The van der Waals surface area contributed by atoms with Crippen LogP contribution in [-0.2, 0) is 0 Å². The summed E-state index contributed by atoms with van der Waals surface area (Å²) in [5.41, 5.74) is 0. The van der Waals surface area contributed by atoms with E-state index in [1.54, 1.807) is 0 Å². The van der Waals surface area contributed by atoms with E-state index in [4.69, 9.17) is 0 Å². The molecule has 1 aromatic heterocycles. The van der Waals surface area contributed by atoms with Gasteiger partial charge in [0.25, 0.3) is 0 Å². The van der Waals surface area contributed by atoms with Crippen LogP contribution in [0.1, 0.15) is 51.8 Å². The van der Waals surface area contributed by atoms with Crippen molar-refractivity contribution >= 4 is 11.6 Å². The van der Waals surface area contributed by atoms with Crippen LogP contribution >= 0.6 is 0 Å². The molecule has 20 heavy (non-hydrogen) atoms. The van der Waals surface area contributed by atoms with Gasteiger partial charge in [-0.25, -0.2) is 9.97 Å². The number of aryl methyl sites for hydroxylation is 1. The molecule has 4 heteroatoms. The van der Waals surface area contributed by atoms with E-state index in [9.17, 15) is 0 Å². The van der Waals surface area contributed by atoms with Gasteiger partial charge in [0.2, 0.25) is 0 Å². The molecule has 0 aromatic carbocycles. The summed E-state index contributed by atoms with van der Waals surface area (Å²) in [6.45, 7) is 10.9. The SMILES string of the molecule is CCCN(CCC)c1cc(N2CCCCC2)nc(C)n1. The molecule has 0 saturated carbocycles. The molecule has 0 radical (unpaired) electrons. The largest absolute Gasteiger partial charge is 0.356 e. The van der Waals surface area contributed by atoms with E-state index in [-0.39, 0.29) is 0 Å². The number of anilines is 2. The molecule has 0 bridgehead atoms. The quantitative estimate of drug-likeness (QED) is 0.797. The third-order valence-electron chi connectivity index (χ3n) is 3.80. The van der Waals surface area contributed by atoms with Crippen molar-refractivity contribution < 1.29 is 0 Å².